The van der Waals surface area contributed by atoms with Gasteiger partial charge in [0.2, 0.25) is 0 Å². The van der Waals surface area contributed by atoms with Crippen molar-refractivity contribution in [2.75, 3.05) is 0 Å². The Balaban J connectivity index is 2.14. The molecule has 1 aliphatic rings. The first-order valence-corrected chi connectivity index (χ1v) is 5.85. The fourth-order valence-electron chi connectivity index (χ4n) is 2.20. The van der Waals surface area contributed by atoms with E-state index in [-0.39, 0.29) is 0 Å². The minimum Gasteiger partial charge on any atom is -0.265 e. The summed E-state index contributed by atoms with van der Waals surface area (Å²) in [5.41, 5.74) is 5.53. The molecule has 0 atom stereocenters. The van der Waals surface area contributed by atoms with Crippen LogP contribution in [0.2, 0.25) is 0 Å². The van der Waals surface area contributed by atoms with E-state index >= 15 is 0 Å². The Morgan fingerprint density at radius 3 is 2.50 bits per heavy atom. The van der Waals surface area contributed by atoms with Crippen molar-refractivity contribution in [1.82, 2.24) is 4.98 Å². The standard InChI is InChI=1S/C15H15N/c1-11-2-5-14(12-3-4-12)15(10-11)13-6-8-16-9-7-13/h2,5-10,12H,3-4H2,1H3. The van der Waals surface area contributed by atoms with Gasteiger partial charge in [-0.3, -0.25) is 4.98 Å². The second-order valence-corrected chi connectivity index (χ2v) is 4.60. The SMILES string of the molecule is Cc1ccc(C2CC2)c(-c2ccncc2)c1. The van der Waals surface area contributed by atoms with E-state index in [1.807, 2.05) is 12.4 Å². The molecule has 0 N–H and O–H groups in total. The van der Waals surface area contributed by atoms with Crippen molar-refractivity contribution in [3.63, 3.8) is 0 Å². The van der Waals surface area contributed by atoms with E-state index in [4.69, 9.17) is 0 Å². The molecule has 2 aromatic rings. The van der Waals surface area contributed by atoms with Gasteiger partial charge < -0.3 is 0 Å². The van der Waals surface area contributed by atoms with Gasteiger partial charge in [-0.2, -0.15) is 0 Å². The van der Waals surface area contributed by atoms with E-state index < -0.39 is 0 Å². The van der Waals surface area contributed by atoms with Gasteiger partial charge in [-0.15, -0.1) is 0 Å². The van der Waals surface area contributed by atoms with E-state index in [9.17, 15) is 0 Å². The van der Waals surface area contributed by atoms with Crippen LogP contribution >= 0.6 is 0 Å². The smallest absolute Gasteiger partial charge is 0.0273 e. The molecular formula is C15H15N. The maximum absolute atomic E-state index is 4.08. The number of benzene rings is 1. The Labute approximate surface area is 96.2 Å². The van der Waals surface area contributed by atoms with Crippen molar-refractivity contribution in [3.05, 3.63) is 53.9 Å². The third-order valence-electron chi connectivity index (χ3n) is 3.22. The third kappa shape index (κ3) is 1.73. The summed E-state index contributed by atoms with van der Waals surface area (Å²) in [4.78, 5) is 4.08. The lowest BCUT2D eigenvalue weighted by atomic mass is 9.95. The van der Waals surface area contributed by atoms with Crippen LogP contribution in [0.4, 0.5) is 0 Å². The molecule has 0 aliphatic heterocycles. The van der Waals surface area contributed by atoms with Gasteiger partial charge >= 0.3 is 0 Å². The van der Waals surface area contributed by atoms with Crippen molar-refractivity contribution in [3.8, 4) is 11.1 Å². The molecule has 1 heterocycles. The van der Waals surface area contributed by atoms with Crippen LogP contribution in [0.3, 0.4) is 0 Å². The number of aromatic nitrogens is 1. The van der Waals surface area contributed by atoms with Crippen molar-refractivity contribution >= 4 is 0 Å². The molecule has 0 amide bonds. The predicted molar refractivity (Wildman–Crippen MR) is 66.4 cm³/mol. The highest BCUT2D eigenvalue weighted by Crippen LogP contribution is 2.44. The Kier molecular flexibility index (Phi) is 2.24. The second-order valence-electron chi connectivity index (χ2n) is 4.60. The molecule has 16 heavy (non-hydrogen) atoms. The van der Waals surface area contributed by atoms with E-state index in [1.165, 1.54) is 35.1 Å². The molecule has 0 saturated heterocycles. The van der Waals surface area contributed by atoms with Gasteiger partial charge in [0.05, 0.1) is 0 Å². The Hall–Kier alpha value is -1.63. The molecule has 1 aliphatic carbocycles. The molecule has 0 unspecified atom stereocenters. The molecule has 1 aromatic heterocycles. The fourth-order valence-corrected chi connectivity index (χ4v) is 2.20. The number of nitrogens with zero attached hydrogens (tertiary/aromatic N) is 1. The highest BCUT2D eigenvalue weighted by molar-refractivity contribution is 5.69. The first kappa shape index (κ1) is 9.59. The first-order valence-electron chi connectivity index (χ1n) is 5.85. The van der Waals surface area contributed by atoms with Crippen LogP contribution in [0, 0.1) is 6.92 Å². The maximum Gasteiger partial charge on any atom is 0.0273 e. The normalized spacial score (nSPS) is 15.1. The summed E-state index contributed by atoms with van der Waals surface area (Å²) >= 11 is 0. The summed E-state index contributed by atoms with van der Waals surface area (Å²) in [6, 6.07) is 11.0. The highest BCUT2D eigenvalue weighted by Gasteiger charge is 2.26. The number of rotatable bonds is 2. The Morgan fingerprint density at radius 1 is 1.06 bits per heavy atom. The number of aryl methyl sites for hydroxylation is 1. The summed E-state index contributed by atoms with van der Waals surface area (Å²) < 4.78 is 0. The summed E-state index contributed by atoms with van der Waals surface area (Å²) in [6.45, 7) is 2.15. The van der Waals surface area contributed by atoms with Crippen LogP contribution in [-0.4, -0.2) is 4.98 Å². The van der Waals surface area contributed by atoms with Gasteiger partial charge in [0.15, 0.2) is 0 Å². The largest absolute Gasteiger partial charge is 0.265 e. The molecule has 3 rings (SSSR count). The van der Waals surface area contributed by atoms with Crippen molar-refractivity contribution < 1.29 is 0 Å². The van der Waals surface area contributed by atoms with Crippen molar-refractivity contribution in [1.29, 1.82) is 0 Å². The summed E-state index contributed by atoms with van der Waals surface area (Å²) in [5.74, 6) is 0.795. The van der Waals surface area contributed by atoms with Gasteiger partial charge in [-0.05, 0) is 54.5 Å². The molecular weight excluding hydrogens is 194 g/mol. The zero-order valence-corrected chi connectivity index (χ0v) is 9.48. The van der Waals surface area contributed by atoms with Crippen molar-refractivity contribution in [2.24, 2.45) is 0 Å². The molecule has 1 heteroatoms. The molecule has 0 radical (unpaired) electrons. The van der Waals surface area contributed by atoms with Crippen LogP contribution in [0.1, 0.15) is 29.9 Å². The molecule has 1 aromatic carbocycles. The average molecular weight is 209 g/mol. The molecule has 0 bridgehead atoms. The highest BCUT2D eigenvalue weighted by atomic mass is 14.6. The van der Waals surface area contributed by atoms with Gasteiger partial charge in [-0.25, -0.2) is 0 Å². The summed E-state index contributed by atoms with van der Waals surface area (Å²) in [6.07, 6.45) is 6.44. The number of pyridine rings is 1. The third-order valence-corrected chi connectivity index (χ3v) is 3.22. The van der Waals surface area contributed by atoms with E-state index in [0.29, 0.717) is 0 Å². The maximum atomic E-state index is 4.08. The van der Waals surface area contributed by atoms with Crippen LogP contribution in [0.5, 0.6) is 0 Å². The molecule has 1 nitrogen and oxygen atoms in total. The van der Waals surface area contributed by atoms with Gasteiger partial charge in [0.1, 0.15) is 0 Å². The lowest BCUT2D eigenvalue weighted by Gasteiger charge is -2.09. The quantitative estimate of drug-likeness (QED) is 0.730. The minimum absolute atomic E-state index is 0.795. The monoisotopic (exact) mass is 209 g/mol. The van der Waals surface area contributed by atoms with Crippen LogP contribution < -0.4 is 0 Å². The second kappa shape index (κ2) is 3.75. The van der Waals surface area contributed by atoms with E-state index in [2.05, 4.69) is 42.2 Å². The molecule has 1 saturated carbocycles. The van der Waals surface area contributed by atoms with Gasteiger partial charge in [0, 0.05) is 12.4 Å². The molecule has 80 valence electrons. The number of hydrogen-bond acceptors (Lipinski definition) is 1. The number of hydrogen-bond donors (Lipinski definition) is 0. The molecule has 0 spiro atoms. The van der Waals surface area contributed by atoms with Crippen LogP contribution in [0.25, 0.3) is 11.1 Å². The zero-order chi connectivity index (χ0) is 11.0. The predicted octanol–water partition coefficient (Wildman–Crippen LogP) is 3.93. The van der Waals surface area contributed by atoms with Crippen molar-refractivity contribution in [2.45, 2.75) is 25.7 Å². The van der Waals surface area contributed by atoms with E-state index in [0.717, 1.165) is 5.92 Å². The fraction of sp³-hybridized carbons (Fsp3) is 0.267. The minimum atomic E-state index is 0.795. The lowest BCUT2D eigenvalue weighted by molar-refractivity contribution is 1.13. The van der Waals surface area contributed by atoms with Gasteiger partial charge in [0.25, 0.3) is 0 Å². The van der Waals surface area contributed by atoms with Crippen LogP contribution in [-0.2, 0) is 0 Å². The molecule has 1 fully saturated rings. The lowest BCUT2D eigenvalue weighted by Crippen LogP contribution is -1.88. The Bertz CT molecular complexity index is 498. The average Bonchev–Trinajstić information content (AvgIpc) is 3.14. The first-order chi connectivity index (χ1) is 7.84. The summed E-state index contributed by atoms with van der Waals surface area (Å²) in [7, 11) is 0. The topological polar surface area (TPSA) is 12.9 Å². The van der Waals surface area contributed by atoms with E-state index in [1.54, 1.807) is 0 Å². The van der Waals surface area contributed by atoms with Gasteiger partial charge in [-0.1, -0.05) is 23.8 Å². The Morgan fingerprint density at radius 2 is 1.81 bits per heavy atom. The zero-order valence-electron chi connectivity index (χ0n) is 9.48. The summed E-state index contributed by atoms with van der Waals surface area (Å²) in [5, 5.41) is 0. The van der Waals surface area contributed by atoms with Crippen LogP contribution in [0.15, 0.2) is 42.7 Å².